The van der Waals surface area contributed by atoms with Gasteiger partial charge in [0.2, 0.25) is 15.9 Å². The van der Waals surface area contributed by atoms with E-state index in [1.165, 1.54) is 19.6 Å². The Balaban J connectivity index is 1.67. The van der Waals surface area contributed by atoms with Crippen molar-refractivity contribution in [1.29, 1.82) is 0 Å². The van der Waals surface area contributed by atoms with Crippen molar-refractivity contribution in [2.75, 3.05) is 26.9 Å². The van der Waals surface area contributed by atoms with E-state index in [1.807, 2.05) is 13.0 Å². The number of primary sulfonamides is 1. The number of hydrogen-bond acceptors (Lipinski definition) is 8. The number of benzene rings is 2. The van der Waals surface area contributed by atoms with Crippen LogP contribution in [0.1, 0.15) is 12.6 Å². The number of nitrogens with two attached hydrogens (primary N) is 1. The van der Waals surface area contributed by atoms with E-state index in [2.05, 4.69) is 21.9 Å². The predicted molar refractivity (Wildman–Crippen MR) is 135 cm³/mol. The molecule has 3 heterocycles. The van der Waals surface area contributed by atoms with Crippen molar-refractivity contribution in [1.82, 2.24) is 15.0 Å². The molecule has 1 saturated heterocycles. The van der Waals surface area contributed by atoms with E-state index in [9.17, 15) is 12.8 Å². The molecule has 0 aliphatic carbocycles. The summed E-state index contributed by atoms with van der Waals surface area (Å²) in [5.41, 5.74) is 2.31. The Morgan fingerprint density at radius 3 is 2.50 bits per heavy atom. The monoisotopic (exact) mass is 542 g/mol. The van der Waals surface area contributed by atoms with Crippen LogP contribution in [-0.4, -0.2) is 50.3 Å². The lowest BCUT2D eigenvalue weighted by Gasteiger charge is -2.37. The predicted octanol–water partition coefficient (Wildman–Crippen LogP) is 4.02. The van der Waals surface area contributed by atoms with Gasteiger partial charge < -0.3 is 14.2 Å². The minimum atomic E-state index is -4.68. The van der Waals surface area contributed by atoms with Gasteiger partial charge in [0.05, 0.1) is 26.9 Å². The minimum absolute atomic E-state index is 0.00862. The van der Waals surface area contributed by atoms with Gasteiger partial charge in [0.25, 0.3) is 0 Å². The van der Waals surface area contributed by atoms with E-state index in [4.69, 9.17) is 19.3 Å². The molecule has 2 aromatic carbocycles. The van der Waals surface area contributed by atoms with Crippen LogP contribution in [0.25, 0.3) is 33.2 Å². The molecule has 0 atom stereocenters. The highest BCUT2D eigenvalue weighted by Gasteiger charge is 2.34. The molecule has 0 saturated carbocycles. The van der Waals surface area contributed by atoms with E-state index in [1.54, 1.807) is 12.1 Å². The molecule has 1 fully saturated rings. The summed E-state index contributed by atoms with van der Waals surface area (Å²) < 4.78 is 70.1. The summed E-state index contributed by atoms with van der Waals surface area (Å²) in [5.74, 6) is -2.10. The van der Waals surface area contributed by atoms with Crippen molar-refractivity contribution >= 4 is 20.9 Å². The molecular weight excluding hydrogens is 518 g/mol. The lowest BCUT2D eigenvalue weighted by molar-refractivity contribution is -0.120. The Hall–Kier alpha value is -3.74. The lowest BCUT2D eigenvalue weighted by Crippen LogP contribution is -2.44. The van der Waals surface area contributed by atoms with Gasteiger partial charge >= 0.3 is 0 Å². The first-order chi connectivity index (χ1) is 18.0. The van der Waals surface area contributed by atoms with Crippen LogP contribution in [-0.2, 0) is 14.8 Å². The average Bonchev–Trinajstić information content (AvgIpc) is 2.85. The Morgan fingerprint density at radius 1 is 1.08 bits per heavy atom. The summed E-state index contributed by atoms with van der Waals surface area (Å²) >= 11 is 0. The number of sulfonamides is 1. The smallest absolute Gasteiger partial charge is 0.243 e. The number of methoxy groups -OCH3 is 1. The summed E-state index contributed by atoms with van der Waals surface area (Å²) in [6.07, 6.45) is 2.99. The first-order valence-corrected chi connectivity index (χ1v) is 13.1. The van der Waals surface area contributed by atoms with Crippen molar-refractivity contribution in [2.45, 2.75) is 18.7 Å². The number of rotatable bonds is 7. The third kappa shape index (κ3) is 4.66. The molecular formula is C26H24F2N4O5S. The fraction of sp³-hybridized carbons (Fsp3) is 0.269. The van der Waals surface area contributed by atoms with Crippen molar-refractivity contribution in [2.24, 2.45) is 10.6 Å². The summed E-state index contributed by atoms with van der Waals surface area (Å²) in [6.45, 7) is 5.51. The van der Waals surface area contributed by atoms with Gasteiger partial charge in [-0.1, -0.05) is 6.92 Å². The zero-order valence-electron chi connectivity index (χ0n) is 20.8. The maximum atomic E-state index is 15.3. The van der Waals surface area contributed by atoms with E-state index in [-0.39, 0.29) is 22.4 Å². The fourth-order valence-electron chi connectivity index (χ4n) is 4.29. The molecule has 4 aromatic rings. The van der Waals surface area contributed by atoms with Gasteiger partial charge in [-0.25, -0.2) is 37.3 Å². The second-order valence-electron chi connectivity index (χ2n) is 9.49. The fourth-order valence-corrected chi connectivity index (χ4v) is 4.99. The summed E-state index contributed by atoms with van der Waals surface area (Å²) in [5, 5.41) is 5.81. The highest BCUT2D eigenvalue weighted by atomic mass is 32.2. The Labute approximate surface area is 217 Å². The van der Waals surface area contributed by atoms with Crippen LogP contribution < -0.4 is 14.6 Å². The maximum Gasteiger partial charge on any atom is 0.243 e. The molecule has 1 aliphatic heterocycles. The Bertz CT molecular complexity index is 1680. The summed E-state index contributed by atoms with van der Waals surface area (Å²) in [7, 11) is -3.34. The van der Waals surface area contributed by atoms with E-state index in [0.717, 1.165) is 23.2 Å². The zero-order chi connectivity index (χ0) is 27.2. The molecule has 0 unspecified atom stereocenters. The molecule has 5 rings (SSSR count). The van der Waals surface area contributed by atoms with Gasteiger partial charge in [0, 0.05) is 39.4 Å². The SMILES string of the molecule is COc1ncc(-c2cc(OCC3(C)COC3)c3ncnc(C)c3c2)cc1-c1ccc(F)c(S(N)(=O)=O)c1F. The van der Waals surface area contributed by atoms with Gasteiger partial charge in [-0.3, -0.25) is 0 Å². The van der Waals surface area contributed by atoms with Crippen molar-refractivity contribution in [3.63, 3.8) is 0 Å². The maximum absolute atomic E-state index is 15.3. The molecule has 198 valence electrons. The molecule has 2 aromatic heterocycles. The molecule has 1 aliphatic rings. The number of halogens is 2. The van der Waals surface area contributed by atoms with Crippen molar-refractivity contribution < 1.29 is 31.4 Å². The second-order valence-corrected chi connectivity index (χ2v) is 11.0. The molecule has 0 bridgehead atoms. The van der Waals surface area contributed by atoms with E-state index >= 15 is 4.39 Å². The third-order valence-electron chi connectivity index (χ3n) is 6.38. The number of pyridine rings is 1. The van der Waals surface area contributed by atoms with Gasteiger partial charge in [-0.15, -0.1) is 0 Å². The second kappa shape index (κ2) is 9.53. The highest BCUT2D eigenvalue weighted by molar-refractivity contribution is 7.89. The van der Waals surface area contributed by atoms with Crippen LogP contribution in [0.4, 0.5) is 8.78 Å². The standard InChI is InChI=1S/C26H24F2N4O5S/c1-14-18-6-15(8-21(23(18)32-13-31-14)37-12-26(2)10-36-11-26)16-7-19(25(35-3)30-9-16)17-4-5-20(27)24(22(17)28)38(29,33)34/h4-9,13H,10-12H2,1-3H3,(H2,29,33,34). The van der Waals surface area contributed by atoms with Crippen LogP contribution in [0.5, 0.6) is 11.6 Å². The lowest BCUT2D eigenvalue weighted by atomic mass is 9.90. The molecule has 12 heteroatoms. The molecule has 38 heavy (non-hydrogen) atoms. The van der Waals surface area contributed by atoms with Crippen LogP contribution in [0.2, 0.25) is 0 Å². The number of hydrogen-bond donors (Lipinski definition) is 1. The minimum Gasteiger partial charge on any atom is -0.491 e. The summed E-state index contributed by atoms with van der Waals surface area (Å²) in [4.78, 5) is 11.8. The molecule has 0 amide bonds. The topological polar surface area (TPSA) is 127 Å². The van der Waals surface area contributed by atoms with Crippen LogP contribution in [0.3, 0.4) is 0 Å². The highest BCUT2D eigenvalue weighted by Crippen LogP contribution is 2.39. The average molecular weight is 543 g/mol. The van der Waals surface area contributed by atoms with E-state index in [0.29, 0.717) is 42.2 Å². The van der Waals surface area contributed by atoms with Crippen LogP contribution in [0, 0.1) is 24.0 Å². The summed E-state index contributed by atoms with van der Waals surface area (Å²) in [6, 6.07) is 7.16. The van der Waals surface area contributed by atoms with Crippen molar-refractivity contribution in [3.8, 4) is 33.9 Å². The van der Waals surface area contributed by atoms with Crippen LogP contribution >= 0.6 is 0 Å². The zero-order valence-corrected chi connectivity index (χ0v) is 21.6. The first-order valence-electron chi connectivity index (χ1n) is 11.5. The number of aromatic nitrogens is 3. The molecule has 0 spiro atoms. The molecule has 2 N–H and O–H groups in total. The van der Waals surface area contributed by atoms with Crippen LogP contribution in [0.15, 0.2) is 47.8 Å². The third-order valence-corrected chi connectivity index (χ3v) is 7.32. The first kappa shape index (κ1) is 25.9. The number of nitrogens with zero attached hydrogens (tertiary/aromatic N) is 3. The van der Waals surface area contributed by atoms with Gasteiger partial charge in [-0.05, 0) is 42.8 Å². The van der Waals surface area contributed by atoms with E-state index < -0.39 is 26.6 Å². The Morgan fingerprint density at radius 2 is 1.84 bits per heavy atom. The molecule has 0 radical (unpaired) electrons. The van der Waals surface area contributed by atoms with Gasteiger partial charge in [0.1, 0.15) is 23.4 Å². The number of fused-ring (bicyclic) bond motifs is 1. The number of ether oxygens (including phenoxy) is 3. The molecule has 9 nitrogen and oxygen atoms in total. The van der Waals surface area contributed by atoms with Crippen molar-refractivity contribution in [3.05, 3.63) is 60.2 Å². The normalized spacial score (nSPS) is 14.8. The van der Waals surface area contributed by atoms with Gasteiger partial charge in [0.15, 0.2) is 10.7 Å². The largest absolute Gasteiger partial charge is 0.491 e. The van der Waals surface area contributed by atoms with Gasteiger partial charge in [-0.2, -0.15) is 0 Å². The Kier molecular flexibility index (Phi) is 6.49. The number of aryl methyl sites for hydroxylation is 1. The quantitative estimate of drug-likeness (QED) is 0.371.